The molecule has 1 aliphatic heterocycles. The number of aryl methyl sites for hydroxylation is 1. The molecule has 1 saturated heterocycles. The summed E-state index contributed by atoms with van der Waals surface area (Å²) in [5.41, 5.74) is 8.72. The van der Waals surface area contributed by atoms with E-state index in [4.69, 9.17) is 10.5 Å². The number of nitrogens with zero attached hydrogens (tertiary/aromatic N) is 4. The highest BCUT2D eigenvalue weighted by Gasteiger charge is 2.20. The summed E-state index contributed by atoms with van der Waals surface area (Å²) in [4.78, 5) is 0. The summed E-state index contributed by atoms with van der Waals surface area (Å²) < 4.78 is 7.40. The van der Waals surface area contributed by atoms with Gasteiger partial charge in [-0.3, -0.25) is 0 Å². The average molecular weight is 259 g/mol. The summed E-state index contributed by atoms with van der Waals surface area (Å²) in [6.45, 7) is 3.53. The van der Waals surface area contributed by atoms with Crippen molar-refractivity contribution >= 4 is 5.69 Å². The summed E-state index contributed by atoms with van der Waals surface area (Å²) >= 11 is 0. The third-order valence-electron chi connectivity index (χ3n) is 3.38. The molecule has 1 aromatic carbocycles. The van der Waals surface area contributed by atoms with Crippen molar-refractivity contribution in [2.75, 3.05) is 12.3 Å². The van der Waals surface area contributed by atoms with Crippen molar-refractivity contribution in [3.63, 3.8) is 0 Å². The number of nitrogen functional groups attached to an aromatic ring is 1. The van der Waals surface area contributed by atoms with Gasteiger partial charge in [-0.05, 0) is 42.3 Å². The molecule has 1 aliphatic rings. The maximum Gasteiger partial charge on any atom is 0.184 e. The summed E-state index contributed by atoms with van der Waals surface area (Å²) in [6.07, 6.45) is 2.37. The molecule has 2 N–H and O–H groups in total. The Hall–Kier alpha value is -1.95. The first-order valence-electron chi connectivity index (χ1n) is 6.48. The van der Waals surface area contributed by atoms with Crippen LogP contribution in [0, 0.1) is 6.92 Å². The van der Waals surface area contributed by atoms with Crippen LogP contribution in [0.5, 0.6) is 0 Å². The van der Waals surface area contributed by atoms with E-state index < -0.39 is 0 Å². The SMILES string of the molecule is Cc1ccc(N)c(-c2nnnn2CC2CCCO2)c1. The maximum absolute atomic E-state index is 6.02. The number of anilines is 1. The van der Waals surface area contributed by atoms with Crippen molar-refractivity contribution in [2.24, 2.45) is 0 Å². The van der Waals surface area contributed by atoms with Gasteiger partial charge in [0.2, 0.25) is 0 Å². The number of ether oxygens (including phenoxy) is 1. The fraction of sp³-hybridized carbons (Fsp3) is 0.462. The van der Waals surface area contributed by atoms with Crippen LogP contribution in [0.4, 0.5) is 5.69 Å². The second-order valence-corrected chi connectivity index (χ2v) is 4.91. The molecule has 1 unspecified atom stereocenters. The number of hydrogen-bond acceptors (Lipinski definition) is 5. The third-order valence-corrected chi connectivity index (χ3v) is 3.38. The van der Waals surface area contributed by atoms with Gasteiger partial charge in [0.25, 0.3) is 0 Å². The first-order valence-corrected chi connectivity index (χ1v) is 6.48. The number of rotatable bonds is 3. The van der Waals surface area contributed by atoms with E-state index in [1.165, 1.54) is 0 Å². The van der Waals surface area contributed by atoms with Crippen LogP contribution >= 0.6 is 0 Å². The molecule has 100 valence electrons. The highest BCUT2D eigenvalue weighted by molar-refractivity contribution is 5.72. The summed E-state index contributed by atoms with van der Waals surface area (Å²) in [5.74, 6) is 0.705. The second kappa shape index (κ2) is 4.97. The van der Waals surface area contributed by atoms with Gasteiger partial charge in [-0.1, -0.05) is 11.6 Å². The standard InChI is InChI=1S/C13H17N5O/c1-9-4-5-12(14)11(7-9)13-15-16-17-18(13)8-10-3-2-6-19-10/h4-5,7,10H,2-3,6,8,14H2,1H3. The predicted octanol–water partition coefficient (Wildman–Crippen LogP) is 1.41. The highest BCUT2D eigenvalue weighted by atomic mass is 16.5. The number of aromatic nitrogens is 4. The Balaban J connectivity index is 1.92. The average Bonchev–Trinajstić information content (AvgIpc) is 3.04. The minimum absolute atomic E-state index is 0.202. The van der Waals surface area contributed by atoms with Crippen molar-refractivity contribution in [1.82, 2.24) is 20.2 Å². The monoisotopic (exact) mass is 259 g/mol. The van der Waals surface area contributed by atoms with Crippen LogP contribution in [-0.4, -0.2) is 32.9 Å². The van der Waals surface area contributed by atoms with E-state index in [1.807, 2.05) is 25.1 Å². The molecule has 6 nitrogen and oxygen atoms in total. The molecule has 1 aromatic heterocycles. The Kier molecular flexibility index (Phi) is 3.16. The maximum atomic E-state index is 6.02. The first kappa shape index (κ1) is 12.1. The molecule has 2 heterocycles. The summed E-state index contributed by atoms with van der Waals surface area (Å²) in [5, 5.41) is 11.9. The van der Waals surface area contributed by atoms with E-state index in [2.05, 4.69) is 15.5 Å². The van der Waals surface area contributed by atoms with Gasteiger partial charge in [0.05, 0.1) is 12.6 Å². The van der Waals surface area contributed by atoms with Crippen molar-refractivity contribution in [3.8, 4) is 11.4 Å². The lowest BCUT2D eigenvalue weighted by Crippen LogP contribution is -2.17. The van der Waals surface area contributed by atoms with E-state index in [9.17, 15) is 0 Å². The Morgan fingerprint density at radius 1 is 1.47 bits per heavy atom. The molecule has 1 atom stereocenters. The molecule has 2 aromatic rings. The molecule has 1 fully saturated rings. The quantitative estimate of drug-likeness (QED) is 0.843. The van der Waals surface area contributed by atoms with Crippen LogP contribution in [0.3, 0.4) is 0 Å². The molecule has 0 amide bonds. The van der Waals surface area contributed by atoms with Gasteiger partial charge in [-0.15, -0.1) is 5.10 Å². The van der Waals surface area contributed by atoms with E-state index in [-0.39, 0.29) is 6.10 Å². The predicted molar refractivity (Wildman–Crippen MR) is 71.4 cm³/mol. The van der Waals surface area contributed by atoms with Gasteiger partial charge in [0.15, 0.2) is 5.82 Å². The summed E-state index contributed by atoms with van der Waals surface area (Å²) in [7, 11) is 0. The van der Waals surface area contributed by atoms with Crippen molar-refractivity contribution in [2.45, 2.75) is 32.4 Å². The van der Waals surface area contributed by atoms with Gasteiger partial charge in [-0.25, -0.2) is 4.68 Å². The third kappa shape index (κ3) is 2.44. The van der Waals surface area contributed by atoms with E-state index in [1.54, 1.807) is 4.68 Å². The first-order chi connectivity index (χ1) is 9.24. The van der Waals surface area contributed by atoms with Gasteiger partial charge < -0.3 is 10.5 Å². The molecule has 3 rings (SSSR count). The van der Waals surface area contributed by atoms with Crippen LogP contribution in [0.15, 0.2) is 18.2 Å². The highest BCUT2D eigenvalue weighted by Crippen LogP contribution is 2.25. The Morgan fingerprint density at radius 2 is 2.37 bits per heavy atom. The molecule has 19 heavy (non-hydrogen) atoms. The Morgan fingerprint density at radius 3 is 3.16 bits per heavy atom. The molecular weight excluding hydrogens is 242 g/mol. The van der Waals surface area contributed by atoms with E-state index in [0.29, 0.717) is 18.1 Å². The normalized spacial score (nSPS) is 18.9. The number of hydrogen-bond donors (Lipinski definition) is 1. The summed E-state index contributed by atoms with van der Waals surface area (Å²) in [6, 6.07) is 5.87. The zero-order valence-electron chi connectivity index (χ0n) is 10.9. The Bertz CT molecular complexity index is 574. The second-order valence-electron chi connectivity index (χ2n) is 4.91. The zero-order chi connectivity index (χ0) is 13.2. The zero-order valence-corrected chi connectivity index (χ0v) is 10.9. The Labute approximate surface area is 111 Å². The van der Waals surface area contributed by atoms with Gasteiger partial charge in [-0.2, -0.15) is 0 Å². The van der Waals surface area contributed by atoms with Crippen molar-refractivity contribution in [3.05, 3.63) is 23.8 Å². The fourth-order valence-electron chi connectivity index (χ4n) is 2.37. The molecule has 0 radical (unpaired) electrons. The molecule has 6 heteroatoms. The number of nitrogens with two attached hydrogens (primary N) is 1. The van der Waals surface area contributed by atoms with Crippen LogP contribution in [0.25, 0.3) is 11.4 Å². The lowest BCUT2D eigenvalue weighted by atomic mass is 10.1. The molecule has 0 bridgehead atoms. The number of benzene rings is 1. The van der Waals surface area contributed by atoms with Crippen LogP contribution in [0.2, 0.25) is 0 Å². The lowest BCUT2D eigenvalue weighted by Gasteiger charge is -2.11. The molecular formula is C13H17N5O. The fourth-order valence-corrected chi connectivity index (χ4v) is 2.37. The lowest BCUT2D eigenvalue weighted by molar-refractivity contribution is 0.0939. The minimum atomic E-state index is 0.202. The van der Waals surface area contributed by atoms with Gasteiger partial charge >= 0.3 is 0 Å². The largest absolute Gasteiger partial charge is 0.398 e. The van der Waals surface area contributed by atoms with E-state index in [0.717, 1.165) is 30.6 Å². The van der Waals surface area contributed by atoms with Crippen LogP contribution < -0.4 is 5.73 Å². The number of tetrazole rings is 1. The smallest absolute Gasteiger partial charge is 0.184 e. The minimum Gasteiger partial charge on any atom is -0.398 e. The van der Waals surface area contributed by atoms with Gasteiger partial charge in [0, 0.05) is 17.9 Å². The molecule has 0 spiro atoms. The van der Waals surface area contributed by atoms with Gasteiger partial charge in [0.1, 0.15) is 0 Å². The molecule has 0 saturated carbocycles. The molecule has 0 aliphatic carbocycles. The van der Waals surface area contributed by atoms with Crippen LogP contribution in [-0.2, 0) is 11.3 Å². The van der Waals surface area contributed by atoms with E-state index >= 15 is 0 Å². The van der Waals surface area contributed by atoms with Crippen molar-refractivity contribution < 1.29 is 4.74 Å². The van der Waals surface area contributed by atoms with Crippen molar-refractivity contribution in [1.29, 1.82) is 0 Å². The topological polar surface area (TPSA) is 78.9 Å². The van der Waals surface area contributed by atoms with Crippen LogP contribution in [0.1, 0.15) is 18.4 Å².